The van der Waals surface area contributed by atoms with Crippen molar-refractivity contribution in [3.63, 3.8) is 0 Å². The van der Waals surface area contributed by atoms with Crippen LogP contribution >= 0.6 is 0 Å². The number of nitrogens with two attached hydrogens (primary N) is 1. The van der Waals surface area contributed by atoms with Gasteiger partial charge in [-0.15, -0.1) is 0 Å². The summed E-state index contributed by atoms with van der Waals surface area (Å²) in [4.78, 5) is 14.4. The number of piperidine rings is 1. The molecule has 0 bridgehead atoms. The summed E-state index contributed by atoms with van der Waals surface area (Å²) < 4.78 is 16.3. The Bertz CT molecular complexity index is 520. The summed E-state index contributed by atoms with van der Waals surface area (Å²) in [6.45, 7) is 2.92. The molecular formula is C19H30N2O4. The van der Waals surface area contributed by atoms with Gasteiger partial charge in [-0.1, -0.05) is 0 Å². The first kappa shape index (κ1) is 19.5. The summed E-state index contributed by atoms with van der Waals surface area (Å²) in [5, 5.41) is 0. The van der Waals surface area contributed by atoms with Crippen LogP contribution in [0.1, 0.15) is 31.2 Å². The molecule has 1 aliphatic heterocycles. The van der Waals surface area contributed by atoms with Gasteiger partial charge in [0.2, 0.25) is 5.91 Å². The van der Waals surface area contributed by atoms with E-state index in [1.165, 1.54) is 0 Å². The molecule has 1 amide bonds. The summed E-state index contributed by atoms with van der Waals surface area (Å²) in [5.74, 6) is 1.69. The zero-order valence-corrected chi connectivity index (χ0v) is 15.3. The van der Waals surface area contributed by atoms with Gasteiger partial charge in [0.25, 0.3) is 0 Å². The molecule has 2 rings (SSSR count). The van der Waals surface area contributed by atoms with Gasteiger partial charge in [-0.2, -0.15) is 0 Å². The molecule has 1 aliphatic rings. The molecule has 0 radical (unpaired) electrons. The van der Waals surface area contributed by atoms with Crippen molar-refractivity contribution in [2.45, 2.75) is 38.2 Å². The number of amides is 1. The molecule has 1 aromatic carbocycles. The third-order valence-corrected chi connectivity index (χ3v) is 4.54. The number of hydrogen-bond donors (Lipinski definition) is 1. The van der Waals surface area contributed by atoms with Gasteiger partial charge in [-0.05, 0) is 49.9 Å². The minimum atomic E-state index is 0.196. The van der Waals surface area contributed by atoms with Crippen LogP contribution in [-0.2, 0) is 16.0 Å². The number of hydrogen-bond acceptors (Lipinski definition) is 5. The van der Waals surface area contributed by atoms with E-state index in [0.29, 0.717) is 26.0 Å². The van der Waals surface area contributed by atoms with E-state index >= 15 is 0 Å². The van der Waals surface area contributed by atoms with Crippen LogP contribution in [0.5, 0.6) is 11.5 Å². The SMILES string of the molecule is COc1cc(CCC(=O)N2CCC(OCCCN)CC2)cc(OC)c1. The fraction of sp³-hybridized carbons (Fsp3) is 0.632. The first-order chi connectivity index (χ1) is 12.2. The Kier molecular flexibility index (Phi) is 8.01. The maximum absolute atomic E-state index is 12.5. The quantitative estimate of drug-likeness (QED) is 0.690. The summed E-state index contributed by atoms with van der Waals surface area (Å²) in [6, 6.07) is 5.74. The van der Waals surface area contributed by atoms with Crippen molar-refractivity contribution in [1.29, 1.82) is 0 Å². The van der Waals surface area contributed by atoms with Crippen LogP contribution in [0.2, 0.25) is 0 Å². The molecule has 140 valence electrons. The molecule has 6 heteroatoms. The molecule has 0 atom stereocenters. The fourth-order valence-corrected chi connectivity index (χ4v) is 3.03. The molecule has 1 aromatic rings. The van der Waals surface area contributed by atoms with Crippen LogP contribution in [0.4, 0.5) is 0 Å². The molecule has 0 spiro atoms. The van der Waals surface area contributed by atoms with Gasteiger partial charge in [0, 0.05) is 32.2 Å². The average Bonchev–Trinajstić information content (AvgIpc) is 2.66. The van der Waals surface area contributed by atoms with Crippen molar-refractivity contribution in [3.8, 4) is 11.5 Å². The Hall–Kier alpha value is -1.79. The van der Waals surface area contributed by atoms with E-state index in [2.05, 4.69) is 0 Å². The van der Waals surface area contributed by atoms with E-state index in [-0.39, 0.29) is 12.0 Å². The van der Waals surface area contributed by atoms with Crippen molar-refractivity contribution in [2.75, 3.05) is 40.5 Å². The first-order valence-electron chi connectivity index (χ1n) is 8.97. The third-order valence-electron chi connectivity index (χ3n) is 4.54. The lowest BCUT2D eigenvalue weighted by molar-refractivity contribution is -0.133. The van der Waals surface area contributed by atoms with Gasteiger partial charge in [-0.25, -0.2) is 0 Å². The summed E-state index contributed by atoms with van der Waals surface area (Å²) >= 11 is 0. The number of carbonyl (C=O) groups is 1. The van der Waals surface area contributed by atoms with Crippen LogP contribution in [0.25, 0.3) is 0 Å². The highest BCUT2D eigenvalue weighted by Crippen LogP contribution is 2.23. The Labute approximate surface area is 150 Å². The molecule has 1 heterocycles. The highest BCUT2D eigenvalue weighted by molar-refractivity contribution is 5.76. The monoisotopic (exact) mass is 350 g/mol. The van der Waals surface area contributed by atoms with Crippen LogP contribution < -0.4 is 15.2 Å². The zero-order valence-electron chi connectivity index (χ0n) is 15.3. The smallest absolute Gasteiger partial charge is 0.222 e. The second kappa shape index (κ2) is 10.3. The number of methoxy groups -OCH3 is 2. The molecule has 0 aromatic heterocycles. The van der Waals surface area contributed by atoms with E-state index in [4.69, 9.17) is 19.9 Å². The van der Waals surface area contributed by atoms with E-state index in [9.17, 15) is 4.79 Å². The van der Waals surface area contributed by atoms with Gasteiger partial charge in [0.1, 0.15) is 11.5 Å². The molecule has 25 heavy (non-hydrogen) atoms. The Morgan fingerprint density at radius 1 is 1.16 bits per heavy atom. The van der Waals surface area contributed by atoms with E-state index < -0.39 is 0 Å². The van der Waals surface area contributed by atoms with Crippen molar-refractivity contribution in [3.05, 3.63) is 23.8 Å². The molecule has 1 saturated heterocycles. The maximum atomic E-state index is 12.5. The van der Waals surface area contributed by atoms with Crippen LogP contribution in [0.15, 0.2) is 18.2 Å². The van der Waals surface area contributed by atoms with Gasteiger partial charge < -0.3 is 24.8 Å². The molecule has 0 aliphatic carbocycles. The molecule has 2 N–H and O–H groups in total. The van der Waals surface area contributed by atoms with Crippen LogP contribution in [-0.4, -0.2) is 57.4 Å². The normalized spacial score (nSPS) is 15.2. The van der Waals surface area contributed by atoms with Crippen molar-refractivity contribution in [1.82, 2.24) is 4.90 Å². The standard InChI is InChI=1S/C19H30N2O4/c1-23-17-12-15(13-18(14-17)24-2)4-5-19(22)21-9-6-16(7-10-21)25-11-3-8-20/h12-14,16H,3-11,20H2,1-2H3. The van der Waals surface area contributed by atoms with Crippen LogP contribution in [0.3, 0.4) is 0 Å². The van der Waals surface area contributed by atoms with E-state index in [1.807, 2.05) is 23.1 Å². The number of likely N-dealkylation sites (tertiary alicyclic amines) is 1. The molecule has 6 nitrogen and oxygen atoms in total. The highest BCUT2D eigenvalue weighted by atomic mass is 16.5. The Balaban J connectivity index is 1.77. The molecular weight excluding hydrogens is 320 g/mol. The first-order valence-corrected chi connectivity index (χ1v) is 8.97. The number of carbonyl (C=O) groups excluding carboxylic acids is 1. The lowest BCUT2D eigenvalue weighted by Crippen LogP contribution is -2.41. The second-order valence-corrected chi connectivity index (χ2v) is 6.31. The fourth-order valence-electron chi connectivity index (χ4n) is 3.03. The minimum absolute atomic E-state index is 0.196. The highest BCUT2D eigenvalue weighted by Gasteiger charge is 2.22. The van der Waals surface area contributed by atoms with Gasteiger partial charge >= 0.3 is 0 Å². The van der Waals surface area contributed by atoms with E-state index in [0.717, 1.165) is 49.4 Å². The largest absolute Gasteiger partial charge is 0.497 e. The third kappa shape index (κ3) is 6.21. The second-order valence-electron chi connectivity index (χ2n) is 6.31. The Morgan fingerprint density at radius 3 is 2.36 bits per heavy atom. The minimum Gasteiger partial charge on any atom is -0.497 e. The maximum Gasteiger partial charge on any atom is 0.222 e. The van der Waals surface area contributed by atoms with Crippen LogP contribution in [0, 0.1) is 0 Å². The zero-order chi connectivity index (χ0) is 18.1. The number of ether oxygens (including phenoxy) is 3. The average molecular weight is 350 g/mol. The van der Waals surface area contributed by atoms with Crippen molar-refractivity contribution >= 4 is 5.91 Å². The lowest BCUT2D eigenvalue weighted by atomic mass is 10.1. The molecule has 0 saturated carbocycles. The summed E-state index contributed by atoms with van der Waals surface area (Å²) in [7, 11) is 3.26. The lowest BCUT2D eigenvalue weighted by Gasteiger charge is -2.32. The van der Waals surface area contributed by atoms with Crippen molar-refractivity contribution < 1.29 is 19.0 Å². The molecule has 1 fully saturated rings. The predicted octanol–water partition coefficient (Wildman–Crippen LogP) is 1.99. The van der Waals surface area contributed by atoms with E-state index in [1.54, 1.807) is 14.2 Å². The van der Waals surface area contributed by atoms with Gasteiger partial charge in [0.05, 0.1) is 20.3 Å². The van der Waals surface area contributed by atoms with Gasteiger partial charge in [-0.3, -0.25) is 4.79 Å². The molecule has 0 unspecified atom stereocenters. The number of rotatable bonds is 9. The summed E-state index contributed by atoms with van der Waals surface area (Å²) in [6.07, 6.45) is 4.14. The number of aryl methyl sites for hydroxylation is 1. The number of nitrogens with zero attached hydrogens (tertiary/aromatic N) is 1. The predicted molar refractivity (Wildman–Crippen MR) is 97.1 cm³/mol. The topological polar surface area (TPSA) is 74.0 Å². The van der Waals surface area contributed by atoms with Gasteiger partial charge in [0.15, 0.2) is 0 Å². The number of benzene rings is 1. The Morgan fingerprint density at radius 2 is 1.80 bits per heavy atom. The summed E-state index contributed by atoms with van der Waals surface area (Å²) in [5.41, 5.74) is 6.52. The van der Waals surface area contributed by atoms with Crippen molar-refractivity contribution in [2.24, 2.45) is 5.73 Å².